The third-order valence-electron chi connectivity index (χ3n) is 3.04. The van der Waals surface area contributed by atoms with E-state index in [1.165, 1.54) is 22.9 Å². The maximum absolute atomic E-state index is 12.3. The molecule has 1 aromatic carbocycles. The lowest BCUT2D eigenvalue weighted by Gasteiger charge is -2.17. The van der Waals surface area contributed by atoms with Gasteiger partial charge in [-0.3, -0.25) is 9.78 Å². The van der Waals surface area contributed by atoms with Gasteiger partial charge in [0.2, 0.25) is 0 Å². The number of hydrogen-bond acceptors (Lipinski definition) is 5. The molecule has 0 saturated carbocycles. The third kappa shape index (κ3) is 2.92. The maximum Gasteiger partial charge on any atom is 0.278 e. The smallest absolute Gasteiger partial charge is 0.278 e. The lowest BCUT2D eigenvalue weighted by Crippen LogP contribution is -2.27. The molecule has 2 aromatic rings. The predicted octanol–water partition coefficient (Wildman–Crippen LogP) is 1.60. The van der Waals surface area contributed by atoms with Crippen LogP contribution in [0, 0.1) is 0 Å². The molecule has 0 radical (unpaired) electrons. The van der Waals surface area contributed by atoms with Crippen molar-refractivity contribution in [1.82, 2.24) is 9.97 Å². The van der Waals surface area contributed by atoms with Gasteiger partial charge in [0.05, 0.1) is 12.4 Å². The van der Waals surface area contributed by atoms with E-state index in [-0.39, 0.29) is 11.6 Å². The van der Waals surface area contributed by atoms with Crippen LogP contribution in [0.2, 0.25) is 0 Å². The second kappa shape index (κ2) is 6.12. The summed E-state index contributed by atoms with van der Waals surface area (Å²) in [6.45, 7) is 2.09. The molecule has 6 nitrogen and oxygen atoms in total. The summed E-state index contributed by atoms with van der Waals surface area (Å²) < 4.78 is 0. The molecule has 1 aromatic heterocycles. The summed E-state index contributed by atoms with van der Waals surface area (Å²) in [7, 11) is 1.70. The molecule has 0 aliphatic rings. The molecule has 0 unspecified atom stereocenters. The number of anilines is 2. The van der Waals surface area contributed by atoms with E-state index in [0.717, 1.165) is 12.1 Å². The maximum atomic E-state index is 12.3. The van der Waals surface area contributed by atoms with Gasteiger partial charge in [0, 0.05) is 12.7 Å². The van der Waals surface area contributed by atoms with E-state index < -0.39 is 0 Å². The fraction of sp³-hybridized carbons (Fsp3) is 0.214. The normalized spacial score (nSPS) is 10.2. The molecular weight excluding hydrogens is 254 g/mol. The number of nitrogens with one attached hydrogen (secondary N) is 1. The van der Waals surface area contributed by atoms with Crippen LogP contribution in [-0.2, 0) is 6.42 Å². The molecule has 1 heterocycles. The zero-order valence-corrected chi connectivity index (χ0v) is 11.5. The molecule has 0 aliphatic heterocycles. The minimum absolute atomic E-state index is 0.237. The SMILES string of the molecule is CCc1ccc(N(C)C(=O)c2cncc(NN)n2)cc1. The first-order valence-electron chi connectivity index (χ1n) is 6.31. The first kappa shape index (κ1) is 14.0. The Morgan fingerprint density at radius 1 is 1.30 bits per heavy atom. The number of nitrogen functional groups attached to an aromatic ring is 1. The molecule has 0 atom stereocenters. The predicted molar refractivity (Wildman–Crippen MR) is 78.4 cm³/mol. The molecule has 0 bridgehead atoms. The second-order valence-electron chi connectivity index (χ2n) is 4.32. The van der Waals surface area contributed by atoms with Gasteiger partial charge >= 0.3 is 0 Å². The van der Waals surface area contributed by atoms with Crippen molar-refractivity contribution in [3.8, 4) is 0 Å². The van der Waals surface area contributed by atoms with E-state index in [2.05, 4.69) is 22.3 Å². The molecule has 0 fully saturated rings. The Labute approximate surface area is 117 Å². The average Bonchev–Trinajstić information content (AvgIpc) is 2.53. The number of carbonyl (C=O) groups excluding carboxylic acids is 1. The van der Waals surface area contributed by atoms with Crippen LogP contribution >= 0.6 is 0 Å². The molecule has 104 valence electrons. The topological polar surface area (TPSA) is 84.1 Å². The summed E-state index contributed by atoms with van der Waals surface area (Å²) in [6.07, 6.45) is 3.83. The quantitative estimate of drug-likeness (QED) is 0.652. The zero-order valence-electron chi connectivity index (χ0n) is 11.5. The standard InChI is InChI=1S/C14H17N5O/c1-3-10-4-6-11(7-5-10)19(2)14(20)12-8-16-9-13(17-12)18-15/h4-9H,3,15H2,1-2H3,(H,17,18). The summed E-state index contributed by atoms with van der Waals surface area (Å²) >= 11 is 0. The highest BCUT2D eigenvalue weighted by Crippen LogP contribution is 2.16. The van der Waals surface area contributed by atoms with Crippen molar-refractivity contribution in [2.75, 3.05) is 17.4 Å². The third-order valence-corrected chi connectivity index (χ3v) is 3.04. The first-order chi connectivity index (χ1) is 9.65. The number of hydrazine groups is 1. The molecule has 3 N–H and O–H groups in total. The van der Waals surface area contributed by atoms with Crippen molar-refractivity contribution in [2.45, 2.75) is 13.3 Å². The highest BCUT2D eigenvalue weighted by atomic mass is 16.2. The first-order valence-corrected chi connectivity index (χ1v) is 6.31. The fourth-order valence-corrected chi connectivity index (χ4v) is 1.78. The molecule has 2 rings (SSSR count). The van der Waals surface area contributed by atoms with Gasteiger partial charge in [-0.2, -0.15) is 0 Å². The van der Waals surface area contributed by atoms with Gasteiger partial charge < -0.3 is 10.3 Å². The second-order valence-corrected chi connectivity index (χ2v) is 4.32. The number of amides is 1. The molecule has 0 saturated heterocycles. The number of aryl methyl sites for hydroxylation is 1. The van der Waals surface area contributed by atoms with Gasteiger partial charge in [-0.15, -0.1) is 0 Å². The number of hydrogen-bond donors (Lipinski definition) is 2. The van der Waals surface area contributed by atoms with Crippen LogP contribution in [0.5, 0.6) is 0 Å². The number of aromatic nitrogens is 2. The van der Waals surface area contributed by atoms with Gasteiger partial charge in [-0.05, 0) is 24.1 Å². The minimum Gasteiger partial charge on any atom is -0.310 e. The Morgan fingerprint density at radius 2 is 2.00 bits per heavy atom. The van der Waals surface area contributed by atoms with Crippen molar-refractivity contribution in [3.63, 3.8) is 0 Å². The Kier molecular flexibility index (Phi) is 4.27. The van der Waals surface area contributed by atoms with Gasteiger partial charge in [0.25, 0.3) is 5.91 Å². The van der Waals surface area contributed by atoms with Crippen LogP contribution in [0.25, 0.3) is 0 Å². The number of rotatable bonds is 4. The summed E-state index contributed by atoms with van der Waals surface area (Å²) in [5.74, 6) is 5.38. The van der Waals surface area contributed by atoms with E-state index >= 15 is 0 Å². The summed E-state index contributed by atoms with van der Waals surface area (Å²) in [6, 6.07) is 7.83. The lowest BCUT2D eigenvalue weighted by molar-refractivity contribution is 0.0988. The largest absolute Gasteiger partial charge is 0.310 e. The highest BCUT2D eigenvalue weighted by Gasteiger charge is 2.15. The van der Waals surface area contributed by atoms with Gasteiger partial charge in [0.1, 0.15) is 5.69 Å². The Bertz CT molecular complexity index is 597. The highest BCUT2D eigenvalue weighted by molar-refractivity contribution is 6.04. The van der Waals surface area contributed by atoms with E-state index in [4.69, 9.17) is 5.84 Å². The van der Waals surface area contributed by atoms with Gasteiger partial charge in [0.15, 0.2) is 5.82 Å². The molecule has 0 spiro atoms. The van der Waals surface area contributed by atoms with Crippen molar-refractivity contribution in [1.29, 1.82) is 0 Å². The Morgan fingerprint density at radius 3 is 2.60 bits per heavy atom. The Balaban J connectivity index is 2.22. The minimum atomic E-state index is -0.237. The number of nitrogens with two attached hydrogens (primary N) is 1. The van der Waals surface area contributed by atoms with E-state index in [1.54, 1.807) is 7.05 Å². The molecule has 20 heavy (non-hydrogen) atoms. The van der Waals surface area contributed by atoms with E-state index in [1.807, 2.05) is 24.3 Å². The molecule has 6 heteroatoms. The number of benzene rings is 1. The molecular formula is C14H17N5O. The Hall–Kier alpha value is -2.47. The molecule has 1 amide bonds. The van der Waals surface area contributed by atoms with Crippen molar-refractivity contribution >= 4 is 17.4 Å². The van der Waals surface area contributed by atoms with Crippen molar-refractivity contribution in [3.05, 3.63) is 47.9 Å². The van der Waals surface area contributed by atoms with Crippen LogP contribution in [0.15, 0.2) is 36.7 Å². The fourth-order valence-electron chi connectivity index (χ4n) is 1.78. The summed E-state index contributed by atoms with van der Waals surface area (Å²) in [5, 5.41) is 0. The molecule has 0 aliphatic carbocycles. The van der Waals surface area contributed by atoms with Crippen LogP contribution in [-0.4, -0.2) is 22.9 Å². The zero-order chi connectivity index (χ0) is 14.5. The average molecular weight is 271 g/mol. The summed E-state index contributed by atoms with van der Waals surface area (Å²) in [5.41, 5.74) is 4.64. The van der Waals surface area contributed by atoms with Crippen LogP contribution in [0.1, 0.15) is 23.0 Å². The van der Waals surface area contributed by atoms with Crippen LogP contribution in [0.4, 0.5) is 11.5 Å². The van der Waals surface area contributed by atoms with Crippen molar-refractivity contribution < 1.29 is 4.79 Å². The summed E-state index contributed by atoms with van der Waals surface area (Å²) in [4.78, 5) is 21.9. The lowest BCUT2D eigenvalue weighted by atomic mass is 10.1. The van der Waals surface area contributed by atoms with Crippen LogP contribution < -0.4 is 16.2 Å². The number of carbonyl (C=O) groups is 1. The monoisotopic (exact) mass is 271 g/mol. The van der Waals surface area contributed by atoms with E-state index in [0.29, 0.717) is 5.82 Å². The number of nitrogens with zero attached hydrogens (tertiary/aromatic N) is 3. The van der Waals surface area contributed by atoms with Gasteiger partial charge in [-0.25, -0.2) is 10.8 Å². The van der Waals surface area contributed by atoms with Crippen LogP contribution in [0.3, 0.4) is 0 Å². The van der Waals surface area contributed by atoms with Crippen molar-refractivity contribution in [2.24, 2.45) is 5.84 Å². The van der Waals surface area contributed by atoms with Gasteiger partial charge in [-0.1, -0.05) is 19.1 Å². The van der Waals surface area contributed by atoms with E-state index in [9.17, 15) is 4.79 Å².